The molecule has 0 aliphatic rings. The van der Waals surface area contributed by atoms with Crippen LogP contribution >= 0.6 is 15.2 Å². The third kappa shape index (κ3) is 7.44. The first kappa shape index (κ1) is 20.1. The third-order valence-electron chi connectivity index (χ3n) is 2.89. The number of pyridine rings is 1. The van der Waals surface area contributed by atoms with Crippen LogP contribution in [0.5, 0.6) is 5.88 Å². The molecule has 0 saturated heterocycles. The summed E-state index contributed by atoms with van der Waals surface area (Å²) in [5.74, 6) is 0.120. The number of nitrogens with one attached hydrogen (secondary N) is 1. The smallest absolute Gasteiger partial charge is 0.360 e. The van der Waals surface area contributed by atoms with Gasteiger partial charge in [-0.15, -0.1) is 0 Å². The minimum atomic E-state index is -5.07. The molecular formula is C12H22N2O7P2. The molecule has 1 heterocycles. The SMILES string of the molecule is CCCCCCOc1cccc(NC(P(=O)(O)O)P(=O)(O)O)n1. The third-order valence-corrected chi connectivity index (χ3v) is 6.22. The second kappa shape index (κ2) is 8.78. The highest BCUT2D eigenvalue weighted by Crippen LogP contribution is 2.59. The normalized spacial score (nSPS) is 12.4. The van der Waals surface area contributed by atoms with Crippen LogP contribution in [0.1, 0.15) is 32.6 Å². The average molecular weight is 368 g/mol. The van der Waals surface area contributed by atoms with Gasteiger partial charge in [-0.1, -0.05) is 32.3 Å². The molecule has 0 spiro atoms. The van der Waals surface area contributed by atoms with Crippen molar-refractivity contribution in [3.05, 3.63) is 18.2 Å². The van der Waals surface area contributed by atoms with Crippen LogP contribution in [0.4, 0.5) is 5.82 Å². The lowest BCUT2D eigenvalue weighted by Gasteiger charge is -2.21. The maximum atomic E-state index is 11.2. The number of hydrogen-bond donors (Lipinski definition) is 5. The topological polar surface area (TPSA) is 149 Å². The summed E-state index contributed by atoms with van der Waals surface area (Å²) in [5.41, 5.74) is -2.35. The number of aromatic nitrogens is 1. The van der Waals surface area contributed by atoms with Crippen molar-refractivity contribution in [2.75, 3.05) is 11.9 Å². The van der Waals surface area contributed by atoms with Crippen molar-refractivity contribution < 1.29 is 33.4 Å². The largest absolute Gasteiger partial charge is 0.478 e. The highest BCUT2D eigenvalue weighted by Gasteiger charge is 2.43. The van der Waals surface area contributed by atoms with Gasteiger partial charge < -0.3 is 29.6 Å². The van der Waals surface area contributed by atoms with E-state index in [4.69, 9.17) is 24.3 Å². The highest BCUT2D eigenvalue weighted by atomic mass is 31.2. The molecule has 5 N–H and O–H groups in total. The molecule has 1 aromatic heterocycles. The van der Waals surface area contributed by atoms with Crippen molar-refractivity contribution in [3.63, 3.8) is 0 Å². The van der Waals surface area contributed by atoms with Crippen molar-refractivity contribution in [2.24, 2.45) is 0 Å². The molecule has 0 radical (unpaired) electrons. The lowest BCUT2D eigenvalue weighted by Crippen LogP contribution is -2.20. The van der Waals surface area contributed by atoms with Gasteiger partial charge in [0.1, 0.15) is 5.82 Å². The summed E-state index contributed by atoms with van der Waals surface area (Å²) in [4.78, 5) is 40.2. The Morgan fingerprint density at radius 2 is 1.78 bits per heavy atom. The molecule has 0 aliphatic carbocycles. The lowest BCUT2D eigenvalue weighted by atomic mass is 10.2. The zero-order chi connectivity index (χ0) is 17.5. The molecule has 0 atom stereocenters. The predicted molar refractivity (Wildman–Crippen MR) is 85.4 cm³/mol. The van der Waals surface area contributed by atoms with Gasteiger partial charge in [0.2, 0.25) is 11.4 Å². The Hall–Kier alpha value is -0.950. The molecule has 23 heavy (non-hydrogen) atoms. The average Bonchev–Trinajstić information content (AvgIpc) is 2.43. The Morgan fingerprint density at radius 1 is 1.13 bits per heavy atom. The van der Waals surface area contributed by atoms with Crippen molar-refractivity contribution in [1.82, 2.24) is 4.98 Å². The molecule has 0 aliphatic heterocycles. The van der Waals surface area contributed by atoms with Gasteiger partial charge in [0.05, 0.1) is 6.61 Å². The second-order valence-electron chi connectivity index (χ2n) is 4.97. The molecular weight excluding hydrogens is 346 g/mol. The van der Waals surface area contributed by atoms with E-state index in [0.29, 0.717) is 6.61 Å². The maximum absolute atomic E-state index is 11.2. The Labute approximate surface area is 134 Å². The zero-order valence-corrected chi connectivity index (χ0v) is 14.5. The number of nitrogens with zero attached hydrogens (tertiary/aromatic N) is 1. The molecule has 0 saturated carbocycles. The molecule has 1 rings (SSSR count). The zero-order valence-electron chi connectivity index (χ0n) is 12.7. The van der Waals surface area contributed by atoms with E-state index in [2.05, 4.69) is 17.2 Å². The van der Waals surface area contributed by atoms with E-state index in [1.54, 1.807) is 6.07 Å². The fraction of sp³-hybridized carbons (Fsp3) is 0.583. The van der Waals surface area contributed by atoms with Gasteiger partial charge in [-0.25, -0.2) is 0 Å². The number of unbranched alkanes of at least 4 members (excludes halogenated alkanes) is 3. The van der Waals surface area contributed by atoms with Crippen LogP contribution in [0.25, 0.3) is 0 Å². The first-order chi connectivity index (χ1) is 10.6. The summed E-state index contributed by atoms with van der Waals surface area (Å²) in [7, 11) is -10.1. The molecule has 0 unspecified atom stereocenters. The highest BCUT2D eigenvalue weighted by molar-refractivity contribution is 7.71. The van der Waals surface area contributed by atoms with E-state index >= 15 is 0 Å². The van der Waals surface area contributed by atoms with Gasteiger partial charge in [0, 0.05) is 6.07 Å². The maximum Gasteiger partial charge on any atom is 0.360 e. The molecule has 132 valence electrons. The summed E-state index contributed by atoms with van der Waals surface area (Å²) in [6.45, 7) is 2.53. The number of ether oxygens (including phenoxy) is 1. The molecule has 0 bridgehead atoms. The summed E-state index contributed by atoms with van der Waals surface area (Å²) in [5, 5.41) is 2.09. The Morgan fingerprint density at radius 3 is 2.35 bits per heavy atom. The standard InChI is InChI=1S/C12H22N2O7P2/c1-2-3-4-5-9-21-11-8-6-7-10(13-11)14-12(22(15,16)17)23(18,19)20/h6-8,12H,2-5,9H2,1H3,(H,13,14)(H2,15,16,17)(H2,18,19,20). The van der Waals surface area contributed by atoms with Crippen LogP contribution in [0.3, 0.4) is 0 Å². The summed E-state index contributed by atoms with van der Waals surface area (Å²) in [6.07, 6.45) is 4.07. The second-order valence-corrected chi connectivity index (χ2v) is 8.76. The van der Waals surface area contributed by atoms with E-state index in [1.165, 1.54) is 12.1 Å². The van der Waals surface area contributed by atoms with E-state index in [0.717, 1.165) is 25.7 Å². The molecule has 1 aromatic rings. The van der Waals surface area contributed by atoms with Crippen LogP contribution in [0.2, 0.25) is 0 Å². The Bertz CT molecular complexity index is 565. The molecule has 0 fully saturated rings. The van der Waals surface area contributed by atoms with Crippen LogP contribution in [0.15, 0.2) is 18.2 Å². The fourth-order valence-corrected chi connectivity index (χ4v) is 3.95. The number of anilines is 1. The summed E-state index contributed by atoms with van der Waals surface area (Å²) >= 11 is 0. The van der Waals surface area contributed by atoms with E-state index in [1.807, 2.05) is 0 Å². The Kier molecular flexibility index (Phi) is 7.67. The van der Waals surface area contributed by atoms with Crippen LogP contribution in [0, 0.1) is 0 Å². The van der Waals surface area contributed by atoms with Gasteiger partial charge >= 0.3 is 15.2 Å². The molecule has 0 aromatic carbocycles. The Balaban J connectivity index is 2.72. The fourth-order valence-electron chi connectivity index (χ4n) is 1.78. The minimum Gasteiger partial charge on any atom is -0.478 e. The lowest BCUT2D eigenvalue weighted by molar-refractivity contribution is 0.294. The van der Waals surface area contributed by atoms with Gasteiger partial charge in [-0.05, 0) is 12.5 Å². The van der Waals surface area contributed by atoms with Gasteiger partial charge in [0.15, 0.2) is 0 Å². The molecule has 0 amide bonds. The minimum absolute atomic E-state index is 0.0901. The van der Waals surface area contributed by atoms with Gasteiger partial charge in [0.25, 0.3) is 0 Å². The van der Waals surface area contributed by atoms with Gasteiger partial charge in [-0.2, -0.15) is 4.98 Å². The molecule has 11 heteroatoms. The van der Waals surface area contributed by atoms with Crippen molar-refractivity contribution in [1.29, 1.82) is 0 Å². The van der Waals surface area contributed by atoms with Crippen molar-refractivity contribution in [2.45, 2.75) is 38.1 Å². The van der Waals surface area contributed by atoms with Crippen LogP contribution < -0.4 is 10.1 Å². The van der Waals surface area contributed by atoms with E-state index in [9.17, 15) is 9.13 Å². The van der Waals surface area contributed by atoms with Crippen LogP contribution in [-0.2, 0) is 9.13 Å². The number of rotatable bonds is 10. The van der Waals surface area contributed by atoms with Crippen molar-refractivity contribution in [3.8, 4) is 5.88 Å². The summed E-state index contributed by atoms with van der Waals surface area (Å²) < 4.78 is 27.8. The van der Waals surface area contributed by atoms with Gasteiger partial charge in [-0.3, -0.25) is 9.13 Å². The monoisotopic (exact) mass is 368 g/mol. The van der Waals surface area contributed by atoms with E-state index in [-0.39, 0.29) is 11.7 Å². The quantitative estimate of drug-likeness (QED) is 0.309. The predicted octanol–water partition coefficient (Wildman–Crippen LogP) is 2.09. The van der Waals surface area contributed by atoms with E-state index < -0.39 is 20.7 Å². The summed E-state index contributed by atoms with van der Waals surface area (Å²) in [6, 6.07) is 4.39. The van der Waals surface area contributed by atoms with Crippen molar-refractivity contribution >= 4 is 21.0 Å². The first-order valence-electron chi connectivity index (χ1n) is 7.11. The molecule has 9 nitrogen and oxygen atoms in total. The first-order valence-corrected chi connectivity index (χ1v) is 10.5. The number of hydrogen-bond acceptors (Lipinski definition) is 5. The van der Waals surface area contributed by atoms with Crippen LogP contribution in [-0.4, -0.2) is 36.7 Å².